The first kappa shape index (κ1) is 9.41. The molecule has 7 heteroatoms. The topological polar surface area (TPSA) is 88.0 Å². The van der Waals surface area contributed by atoms with Gasteiger partial charge in [0, 0.05) is 29.6 Å². The molecule has 0 aliphatic carbocycles. The molecule has 0 aromatic rings. The van der Waals surface area contributed by atoms with Crippen molar-refractivity contribution in [3.63, 3.8) is 0 Å². The second-order valence-electron chi connectivity index (χ2n) is 1.28. The summed E-state index contributed by atoms with van der Waals surface area (Å²) in [5.41, 5.74) is 1.71. The van der Waals surface area contributed by atoms with Crippen molar-refractivity contribution in [3.8, 4) is 0 Å². The Balaban J connectivity index is 0.000000810. The minimum Gasteiger partial charge on any atom is -0.277 e. The van der Waals surface area contributed by atoms with Crippen molar-refractivity contribution >= 4 is 47.2 Å². The smallest absolute Gasteiger partial charge is 0.277 e. The van der Waals surface area contributed by atoms with Gasteiger partial charge in [-0.05, 0) is 0 Å². The van der Waals surface area contributed by atoms with Crippen LogP contribution in [0.3, 0.4) is 0 Å². The molecule has 47 valence electrons. The number of hydrogen-bond acceptors (Lipinski definition) is 4. The van der Waals surface area contributed by atoms with Crippen LogP contribution in [0.4, 0.5) is 0 Å². The third kappa shape index (κ3) is 1.69. The third-order valence-corrected chi connectivity index (χ3v) is 0.693. The predicted molar refractivity (Wildman–Crippen MR) is 28.8 cm³/mol. The third-order valence-electron chi connectivity index (χ3n) is 0.693. The average molecular weight is 150 g/mol. The molecule has 0 saturated heterocycles. The van der Waals surface area contributed by atoms with E-state index in [2.05, 4.69) is 10.3 Å². The van der Waals surface area contributed by atoms with Gasteiger partial charge in [-0.25, -0.2) is 5.43 Å². The van der Waals surface area contributed by atoms with Crippen molar-refractivity contribution in [3.05, 3.63) is 0 Å². The van der Waals surface area contributed by atoms with Gasteiger partial charge in [-0.3, -0.25) is 14.4 Å². The van der Waals surface area contributed by atoms with Crippen LogP contribution in [0, 0.1) is 0 Å². The van der Waals surface area contributed by atoms with E-state index in [0.29, 0.717) is 0 Å². The van der Waals surface area contributed by atoms with Crippen LogP contribution in [0.1, 0.15) is 0 Å². The first-order chi connectivity index (χ1) is 4.22. The molecule has 0 bridgehead atoms. The van der Waals surface area contributed by atoms with Crippen molar-refractivity contribution in [2.75, 3.05) is 0 Å². The molecule has 0 saturated carbocycles. The molecule has 1 aliphatic rings. The maximum atomic E-state index is 10.2. The molecule has 0 fully saturated rings. The molecule has 1 rings (SSSR count). The minimum absolute atomic E-state index is 0. The van der Waals surface area contributed by atoms with Gasteiger partial charge in [-0.1, -0.05) is 10.3 Å². The average Bonchev–Trinajstić information content (AvgIpc) is 1.83. The van der Waals surface area contributed by atoms with E-state index >= 15 is 0 Å². The maximum absolute atomic E-state index is 10.2. The molecule has 1 radical (unpaired) electrons. The van der Waals surface area contributed by atoms with Crippen molar-refractivity contribution in [2.45, 2.75) is 0 Å². The minimum atomic E-state index is -1.18. The Morgan fingerprint density at radius 3 is 2.20 bits per heavy atom. The van der Waals surface area contributed by atoms with E-state index in [1.807, 2.05) is 0 Å². The number of Topliss-reactive ketones (excluding diaryl/α,β-unsaturated/α-hetero) is 1. The second-order valence-corrected chi connectivity index (χ2v) is 1.28. The monoisotopic (exact) mass is 150 g/mol. The Bertz CT molecular complexity index is 223. The number of nitrogens with one attached hydrogen (secondary N) is 1. The molecule has 0 unspecified atom stereocenters. The first-order valence-corrected chi connectivity index (χ1v) is 2.01. The number of rotatable bonds is 0. The SMILES string of the molecule is O=C1N=NNC(=O)C1=O.[Na]. The zero-order valence-electron chi connectivity index (χ0n) is 5.12. The summed E-state index contributed by atoms with van der Waals surface area (Å²) in [7, 11) is 0. The van der Waals surface area contributed by atoms with Crippen LogP contribution in [-0.4, -0.2) is 47.2 Å². The molecular weight excluding hydrogens is 149 g/mol. The molecule has 6 nitrogen and oxygen atoms in total. The second kappa shape index (κ2) is 3.55. The van der Waals surface area contributed by atoms with Gasteiger partial charge in [-0.2, -0.15) is 0 Å². The van der Waals surface area contributed by atoms with Gasteiger partial charge in [0.1, 0.15) is 0 Å². The fraction of sp³-hybridized carbons (Fsp3) is 0. The molecule has 0 aromatic heterocycles. The van der Waals surface area contributed by atoms with E-state index in [-0.39, 0.29) is 29.6 Å². The zero-order chi connectivity index (χ0) is 6.85. The van der Waals surface area contributed by atoms with E-state index in [4.69, 9.17) is 0 Å². The fourth-order valence-electron chi connectivity index (χ4n) is 0.309. The standard InChI is InChI=1S/C3HN3O3.Na/c7-1-2(8)4-6-5-3(1)9;/h(H,4,5,8,9);. The summed E-state index contributed by atoms with van der Waals surface area (Å²) in [6.45, 7) is 0. The van der Waals surface area contributed by atoms with E-state index in [1.54, 1.807) is 5.43 Å². The largest absolute Gasteiger partial charge is 0.343 e. The van der Waals surface area contributed by atoms with Gasteiger partial charge in [0.25, 0.3) is 0 Å². The maximum Gasteiger partial charge on any atom is 0.343 e. The van der Waals surface area contributed by atoms with Crippen molar-refractivity contribution in [1.29, 1.82) is 0 Å². The van der Waals surface area contributed by atoms with E-state index in [0.717, 1.165) is 0 Å². The summed E-state index contributed by atoms with van der Waals surface area (Å²) >= 11 is 0. The molecule has 0 aromatic carbocycles. The number of carbonyl (C=O) groups is 3. The van der Waals surface area contributed by atoms with Crippen molar-refractivity contribution < 1.29 is 14.4 Å². The van der Waals surface area contributed by atoms with Gasteiger partial charge in [-0.15, -0.1) is 0 Å². The normalized spacial score (nSPS) is 16.2. The molecule has 10 heavy (non-hydrogen) atoms. The number of hydrogen-bond donors (Lipinski definition) is 1. The van der Waals surface area contributed by atoms with Crippen LogP contribution in [0.15, 0.2) is 10.3 Å². The summed E-state index contributed by atoms with van der Waals surface area (Å²) < 4.78 is 0. The summed E-state index contributed by atoms with van der Waals surface area (Å²) in [5.74, 6) is -3.33. The predicted octanol–water partition coefficient (Wildman–Crippen LogP) is -1.80. The molecule has 0 atom stereocenters. The van der Waals surface area contributed by atoms with Gasteiger partial charge >= 0.3 is 17.6 Å². The number of ketones is 1. The van der Waals surface area contributed by atoms with Gasteiger partial charge in [0.05, 0.1) is 0 Å². The Hall–Kier alpha value is -0.590. The van der Waals surface area contributed by atoms with Crippen molar-refractivity contribution in [2.24, 2.45) is 10.3 Å². The number of amides is 2. The van der Waals surface area contributed by atoms with Crippen LogP contribution >= 0.6 is 0 Å². The molecule has 2 amide bonds. The van der Waals surface area contributed by atoms with Crippen LogP contribution in [0.2, 0.25) is 0 Å². The van der Waals surface area contributed by atoms with E-state index in [9.17, 15) is 14.4 Å². The number of carbonyl (C=O) groups excluding carboxylic acids is 3. The molecular formula is C3HN3NaO3. The molecule has 1 N–H and O–H groups in total. The summed E-state index contributed by atoms with van der Waals surface area (Å²) in [6.07, 6.45) is 0. The van der Waals surface area contributed by atoms with Gasteiger partial charge in [0.15, 0.2) is 0 Å². The Morgan fingerprint density at radius 1 is 1.20 bits per heavy atom. The Morgan fingerprint density at radius 2 is 1.80 bits per heavy atom. The molecule has 1 heterocycles. The quantitative estimate of drug-likeness (QED) is 0.326. The summed E-state index contributed by atoms with van der Waals surface area (Å²) in [4.78, 5) is 30.5. The van der Waals surface area contributed by atoms with Crippen LogP contribution in [-0.2, 0) is 14.4 Å². The van der Waals surface area contributed by atoms with Gasteiger partial charge in [0.2, 0.25) is 0 Å². The van der Waals surface area contributed by atoms with Crippen molar-refractivity contribution in [1.82, 2.24) is 5.43 Å². The van der Waals surface area contributed by atoms with Gasteiger partial charge < -0.3 is 0 Å². The van der Waals surface area contributed by atoms with Crippen LogP contribution in [0.5, 0.6) is 0 Å². The van der Waals surface area contributed by atoms with E-state index in [1.165, 1.54) is 0 Å². The summed E-state index contributed by atoms with van der Waals surface area (Å²) in [5, 5.41) is 5.61. The van der Waals surface area contributed by atoms with Crippen LogP contribution in [0.25, 0.3) is 0 Å². The fourth-order valence-corrected chi connectivity index (χ4v) is 0.309. The van der Waals surface area contributed by atoms with E-state index < -0.39 is 17.6 Å². The first-order valence-electron chi connectivity index (χ1n) is 2.01. The Kier molecular flexibility index (Phi) is 3.34. The zero-order valence-corrected chi connectivity index (χ0v) is 7.12. The summed E-state index contributed by atoms with van der Waals surface area (Å²) in [6, 6.07) is 0. The van der Waals surface area contributed by atoms with Crippen LogP contribution < -0.4 is 5.43 Å². The number of nitrogens with zero attached hydrogens (tertiary/aromatic N) is 2. The molecule has 1 aliphatic heterocycles. The Labute approximate surface area is 77.3 Å². The molecule has 0 spiro atoms.